The summed E-state index contributed by atoms with van der Waals surface area (Å²) in [5, 5.41) is 1.42. The second kappa shape index (κ2) is 3.62. The van der Waals surface area contributed by atoms with E-state index < -0.39 is 0 Å². The zero-order chi connectivity index (χ0) is 9.71. The van der Waals surface area contributed by atoms with Crippen LogP contribution in [0.25, 0.3) is 0 Å². The van der Waals surface area contributed by atoms with E-state index in [1.54, 1.807) is 0 Å². The van der Waals surface area contributed by atoms with Crippen molar-refractivity contribution >= 4 is 25.3 Å². The molecule has 6 atom stereocenters. The predicted octanol–water partition coefficient (Wildman–Crippen LogP) is 3.43. The third kappa shape index (κ3) is 1.36. The minimum Gasteiger partial charge on any atom is -0.176 e. The van der Waals surface area contributed by atoms with E-state index >= 15 is 0 Å². The van der Waals surface area contributed by atoms with Gasteiger partial charge in [-0.15, -0.1) is 0 Å². The van der Waals surface area contributed by atoms with Gasteiger partial charge in [-0.25, -0.2) is 0 Å². The van der Waals surface area contributed by atoms with E-state index in [2.05, 4.69) is 12.6 Å². The smallest absolute Gasteiger partial charge is 0.00505 e. The quantitative estimate of drug-likeness (QED) is 0.583. The highest BCUT2D eigenvalue weighted by Crippen LogP contribution is 2.61. The van der Waals surface area contributed by atoms with Crippen LogP contribution >= 0.6 is 25.3 Å². The zero-order valence-electron chi connectivity index (χ0n) is 8.60. The zero-order valence-corrected chi connectivity index (χ0v) is 10.4. The summed E-state index contributed by atoms with van der Waals surface area (Å²) >= 11 is 9.48. The second-order valence-electron chi connectivity index (χ2n) is 5.55. The van der Waals surface area contributed by atoms with E-state index in [1.165, 1.54) is 38.5 Å². The molecule has 3 aliphatic rings. The summed E-state index contributed by atoms with van der Waals surface area (Å²) in [6, 6.07) is 0. The van der Waals surface area contributed by atoms with Crippen LogP contribution in [0.2, 0.25) is 0 Å². The van der Waals surface area contributed by atoms with E-state index in [-0.39, 0.29) is 0 Å². The van der Waals surface area contributed by atoms with Crippen LogP contribution < -0.4 is 0 Å². The van der Waals surface area contributed by atoms with Crippen molar-refractivity contribution < 1.29 is 0 Å². The first-order valence-corrected chi connectivity index (χ1v) is 7.17. The fourth-order valence-electron chi connectivity index (χ4n) is 4.37. The highest BCUT2D eigenvalue weighted by atomic mass is 32.1. The minimum absolute atomic E-state index is 0.706. The van der Waals surface area contributed by atoms with Crippen LogP contribution in [0, 0.1) is 23.7 Å². The van der Waals surface area contributed by atoms with Crippen LogP contribution in [0.4, 0.5) is 0 Å². The molecule has 0 saturated heterocycles. The number of rotatable bonds is 0. The molecule has 0 nitrogen and oxygen atoms in total. The van der Waals surface area contributed by atoms with Gasteiger partial charge in [0.1, 0.15) is 0 Å². The van der Waals surface area contributed by atoms with Gasteiger partial charge in [0, 0.05) is 10.5 Å². The Bertz CT molecular complexity index is 228. The summed E-state index contributed by atoms with van der Waals surface area (Å²) in [5.41, 5.74) is 0. The van der Waals surface area contributed by atoms with Crippen LogP contribution in [0.15, 0.2) is 0 Å². The SMILES string of the molecule is SC1CC2C3CCCCC(S)C3C2C1. The number of hydrogen-bond acceptors (Lipinski definition) is 2. The molecule has 3 aliphatic carbocycles. The normalized spacial score (nSPS) is 57.0. The summed E-state index contributed by atoms with van der Waals surface area (Å²) in [4.78, 5) is 0. The number of hydrogen-bond donors (Lipinski definition) is 2. The maximum atomic E-state index is 4.82. The lowest BCUT2D eigenvalue weighted by atomic mass is 9.56. The van der Waals surface area contributed by atoms with Crippen molar-refractivity contribution in [2.24, 2.45) is 23.7 Å². The fraction of sp³-hybridized carbons (Fsp3) is 1.00. The van der Waals surface area contributed by atoms with Gasteiger partial charge in [0.2, 0.25) is 0 Å². The van der Waals surface area contributed by atoms with E-state index in [9.17, 15) is 0 Å². The van der Waals surface area contributed by atoms with Crippen LogP contribution in [-0.4, -0.2) is 10.5 Å². The van der Waals surface area contributed by atoms with Crippen molar-refractivity contribution in [2.45, 2.75) is 49.0 Å². The molecule has 80 valence electrons. The van der Waals surface area contributed by atoms with Gasteiger partial charge < -0.3 is 0 Å². The lowest BCUT2D eigenvalue weighted by molar-refractivity contribution is 0.00160. The highest BCUT2D eigenvalue weighted by Gasteiger charge is 2.55. The molecule has 0 amide bonds. The average Bonchev–Trinajstić information content (AvgIpc) is 2.38. The van der Waals surface area contributed by atoms with Crippen molar-refractivity contribution in [3.05, 3.63) is 0 Å². The Kier molecular flexibility index (Phi) is 2.56. The highest BCUT2D eigenvalue weighted by molar-refractivity contribution is 7.81. The van der Waals surface area contributed by atoms with Crippen molar-refractivity contribution in [1.82, 2.24) is 0 Å². The summed E-state index contributed by atoms with van der Waals surface area (Å²) in [7, 11) is 0. The van der Waals surface area contributed by atoms with Gasteiger partial charge in [0.05, 0.1) is 0 Å². The first-order chi connectivity index (χ1) is 6.77. The molecule has 0 spiro atoms. The maximum absolute atomic E-state index is 4.82. The summed E-state index contributed by atoms with van der Waals surface area (Å²) < 4.78 is 0. The van der Waals surface area contributed by atoms with Gasteiger partial charge in [-0.3, -0.25) is 0 Å². The third-order valence-electron chi connectivity index (χ3n) is 4.91. The molecule has 0 radical (unpaired) electrons. The minimum atomic E-state index is 0.706. The van der Waals surface area contributed by atoms with Crippen molar-refractivity contribution in [3.8, 4) is 0 Å². The first kappa shape index (κ1) is 9.89. The topological polar surface area (TPSA) is 0 Å². The molecule has 0 aromatic carbocycles. The number of fused-ring (bicyclic) bond motifs is 4. The summed E-state index contributed by atoms with van der Waals surface area (Å²) in [6.07, 6.45) is 8.51. The molecule has 0 aliphatic heterocycles. The monoisotopic (exact) mass is 228 g/mol. The molecule has 0 aromatic heterocycles. The lowest BCUT2D eigenvalue weighted by Crippen LogP contribution is -2.47. The van der Waals surface area contributed by atoms with Gasteiger partial charge in [-0.05, 0) is 49.4 Å². The van der Waals surface area contributed by atoms with E-state index in [4.69, 9.17) is 12.6 Å². The van der Waals surface area contributed by atoms with Crippen molar-refractivity contribution in [2.75, 3.05) is 0 Å². The van der Waals surface area contributed by atoms with Gasteiger partial charge in [0.25, 0.3) is 0 Å². The average molecular weight is 228 g/mol. The molecule has 0 N–H and O–H groups in total. The van der Waals surface area contributed by atoms with E-state index in [0.717, 1.165) is 23.7 Å². The fourth-order valence-corrected chi connectivity index (χ4v) is 5.48. The Morgan fingerprint density at radius 1 is 0.786 bits per heavy atom. The Balaban J connectivity index is 1.78. The standard InChI is InChI=1S/C12H20S2/c13-7-5-9-8-3-1-2-4-11(14)12(8)10(9)6-7/h7-14H,1-6H2. The Morgan fingerprint density at radius 2 is 1.50 bits per heavy atom. The van der Waals surface area contributed by atoms with Gasteiger partial charge in [-0.2, -0.15) is 25.3 Å². The van der Waals surface area contributed by atoms with Gasteiger partial charge in [-0.1, -0.05) is 12.8 Å². The molecular weight excluding hydrogens is 208 g/mol. The van der Waals surface area contributed by atoms with Crippen molar-refractivity contribution in [3.63, 3.8) is 0 Å². The van der Waals surface area contributed by atoms with Crippen molar-refractivity contribution in [1.29, 1.82) is 0 Å². The molecule has 3 saturated carbocycles. The Hall–Kier alpha value is 0.700. The molecule has 14 heavy (non-hydrogen) atoms. The molecule has 2 heteroatoms. The lowest BCUT2D eigenvalue weighted by Gasteiger charge is -2.51. The first-order valence-electron chi connectivity index (χ1n) is 6.13. The third-order valence-corrected chi connectivity index (χ3v) is 5.93. The van der Waals surface area contributed by atoms with Crippen LogP contribution in [0.5, 0.6) is 0 Å². The van der Waals surface area contributed by atoms with Crippen LogP contribution in [0.3, 0.4) is 0 Å². The molecule has 3 rings (SSSR count). The summed E-state index contributed by atoms with van der Waals surface area (Å²) in [5.74, 6) is 4.03. The van der Waals surface area contributed by atoms with E-state index in [1.807, 2.05) is 0 Å². The molecular formula is C12H20S2. The van der Waals surface area contributed by atoms with Crippen LogP contribution in [0.1, 0.15) is 38.5 Å². The molecule has 0 heterocycles. The largest absolute Gasteiger partial charge is 0.176 e. The van der Waals surface area contributed by atoms with Crippen LogP contribution in [-0.2, 0) is 0 Å². The maximum Gasteiger partial charge on any atom is 0.00505 e. The molecule has 0 aromatic rings. The van der Waals surface area contributed by atoms with Gasteiger partial charge in [0.15, 0.2) is 0 Å². The molecule has 3 fully saturated rings. The number of thiol groups is 2. The molecule has 6 unspecified atom stereocenters. The van der Waals surface area contributed by atoms with Gasteiger partial charge >= 0.3 is 0 Å². The second-order valence-corrected chi connectivity index (χ2v) is 6.94. The predicted molar refractivity (Wildman–Crippen MR) is 67.2 cm³/mol. The van der Waals surface area contributed by atoms with E-state index in [0.29, 0.717) is 10.5 Å². The Labute approximate surface area is 98.0 Å². The Morgan fingerprint density at radius 3 is 2.36 bits per heavy atom. The summed E-state index contributed by atoms with van der Waals surface area (Å²) in [6.45, 7) is 0. The molecule has 0 bridgehead atoms.